The largest absolute Gasteiger partial charge is 0.478 e. The molecule has 0 aliphatic heterocycles. The molecule has 0 aromatic heterocycles. The van der Waals surface area contributed by atoms with E-state index < -0.39 is 5.97 Å². The third-order valence-corrected chi connectivity index (χ3v) is 17.0. The molecule has 0 radical (unpaired) electrons. The van der Waals surface area contributed by atoms with E-state index in [4.69, 9.17) is 0 Å². The van der Waals surface area contributed by atoms with Crippen molar-refractivity contribution in [1.29, 1.82) is 0 Å². The minimum Gasteiger partial charge on any atom is -0.478 e. The molecule has 5 saturated carbocycles. The van der Waals surface area contributed by atoms with Crippen LogP contribution >= 0.6 is 0 Å². The lowest BCUT2D eigenvalue weighted by Gasteiger charge is -2.72. The van der Waals surface area contributed by atoms with Gasteiger partial charge in [-0.2, -0.15) is 0 Å². The molecular formula is C47H64N2O5. The van der Waals surface area contributed by atoms with Crippen molar-refractivity contribution in [3.05, 3.63) is 82.9 Å². The van der Waals surface area contributed by atoms with Gasteiger partial charge in [0.25, 0.3) is 5.91 Å². The Bertz CT molecular complexity index is 1820. The number of fused-ring (bicyclic) bond motifs is 7. The number of benzene rings is 2. The lowest BCUT2D eigenvalue weighted by molar-refractivity contribution is -0.246. The minimum absolute atomic E-state index is 0.0615. The van der Waals surface area contributed by atoms with Crippen molar-refractivity contribution >= 4 is 17.8 Å². The second-order valence-electron chi connectivity index (χ2n) is 19.6. The van der Waals surface area contributed by atoms with Gasteiger partial charge in [0.05, 0.1) is 17.1 Å². The summed E-state index contributed by atoms with van der Waals surface area (Å²) >= 11 is 0. The molecule has 0 saturated heterocycles. The summed E-state index contributed by atoms with van der Waals surface area (Å²) in [6.45, 7) is 19.9. The van der Waals surface area contributed by atoms with Crippen molar-refractivity contribution in [1.82, 2.24) is 10.6 Å². The first-order chi connectivity index (χ1) is 25.5. The number of carbonyl (C=O) groups is 3. The minimum atomic E-state index is -0.997. The summed E-state index contributed by atoms with van der Waals surface area (Å²) in [5.74, 6) is 1.29. The van der Waals surface area contributed by atoms with Crippen molar-refractivity contribution in [2.45, 2.75) is 125 Å². The standard InChI is InChI=1S/C47H64N2O5/c1-29(2)34-16-22-47(42(54)48-25-19-30-10-8-12-32(26-30)40(51)49-28-31-11-9-13-33(27-31)41(52)53)24-23-45(6)35(39(34)47)14-15-37-44(5)20-18-38(50)43(3,4)36(44)17-21-46(37,45)7/h8-13,26-27,34-39,50H,1,14-25,28H2,2-7H3,(H,48,54)(H,49,51)(H,52,53)/t34?,35?,36?,37?,38?,39?,44?,45-,46?,47?/m1/s1. The number of amides is 2. The van der Waals surface area contributed by atoms with E-state index in [2.05, 4.69) is 58.8 Å². The van der Waals surface area contributed by atoms with Gasteiger partial charge >= 0.3 is 5.97 Å². The van der Waals surface area contributed by atoms with Crippen molar-refractivity contribution in [3.63, 3.8) is 0 Å². The van der Waals surface area contributed by atoms with Crippen molar-refractivity contribution in [3.8, 4) is 0 Å². The first-order valence-electron chi connectivity index (χ1n) is 20.8. The van der Waals surface area contributed by atoms with Gasteiger partial charge in [0.15, 0.2) is 0 Å². The van der Waals surface area contributed by atoms with Crippen LogP contribution in [0.5, 0.6) is 0 Å². The second-order valence-corrected chi connectivity index (χ2v) is 19.6. The van der Waals surface area contributed by atoms with Gasteiger partial charge in [-0.15, -0.1) is 0 Å². The number of rotatable bonds is 9. The van der Waals surface area contributed by atoms with Crippen LogP contribution in [0.25, 0.3) is 0 Å². The molecule has 7 nitrogen and oxygen atoms in total. The number of carbonyl (C=O) groups excluding carboxylic acids is 2. The van der Waals surface area contributed by atoms with Crippen LogP contribution in [0.1, 0.15) is 138 Å². The van der Waals surface area contributed by atoms with Gasteiger partial charge < -0.3 is 20.8 Å². The van der Waals surface area contributed by atoms with Crippen LogP contribution in [0.4, 0.5) is 0 Å². The summed E-state index contributed by atoms with van der Waals surface area (Å²) in [4.78, 5) is 39.0. The lowest BCUT2D eigenvalue weighted by Crippen LogP contribution is -2.67. The number of hydrogen-bond donors (Lipinski definition) is 4. The van der Waals surface area contributed by atoms with E-state index in [0.717, 1.165) is 49.7 Å². The maximum atomic E-state index is 14.6. The normalized spacial score (nSPS) is 37.8. The fourth-order valence-electron chi connectivity index (χ4n) is 14.0. The first-order valence-corrected chi connectivity index (χ1v) is 20.8. The first kappa shape index (κ1) is 38.8. The van der Waals surface area contributed by atoms with Gasteiger partial charge in [0.2, 0.25) is 5.91 Å². The Balaban J connectivity index is 1.04. The number of aliphatic hydroxyl groups excluding tert-OH is 1. The van der Waals surface area contributed by atoms with Crippen LogP contribution in [0.3, 0.4) is 0 Å². The molecule has 7 heteroatoms. The number of aromatic carboxylic acids is 1. The predicted octanol–water partition coefficient (Wildman–Crippen LogP) is 8.99. The zero-order valence-corrected chi connectivity index (χ0v) is 33.6. The highest BCUT2D eigenvalue weighted by Gasteiger charge is 2.71. The van der Waals surface area contributed by atoms with Crippen LogP contribution < -0.4 is 10.6 Å². The topological polar surface area (TPSA) is 116 Å². The Hall–Kier alpha value is -3.45. The Labute approximate surface area is 323 Å². The number of hydrogen-bond acceptors (Lipinski definition) is 4. The zero-order valence-electron chi connectivity index (χ0n) is 33.6. The summed E-state index contributed by atoms with van der Waals surface area (Å²) in [7, 11) is 0. The molecule has 2 aromatic rings. The van der Waals surface area contributed by atoms with Crippen LogP contribution in [-0.4, -0.2) is 40.6 Å². The second kappa shape index (κ2) is 13.9. The van der Waals surface area contributed by atoms with E-state index in [1.54, 1.807) is 24.3 Å². The molecule has 0 heterocycles. The Morgan fingerprint density at radius 2 is 1.48 bits per heavy atom. The van der Waals surface area contributed by atoms with Crippen molar-refractivity contribution in [2.24, 2.45) is 56.7 Å². The van der Waals surface area contributed by atoms with E-state index in [-0.39, 0.29) is 57.1 Å². The highest BCUT2D eigenvalue weighted by atomic mass is 16.4. The number of carboxylic acids is 1. The quantitative estimate of drug-likeness (QED) is 0.192. The van der Waals surface area contributed by atoms with E-state index in [1.165, 1.54) is 37.3 Å². The predicted molar refractivity (Wildman–Crippen MR) is 213 cm³/mol. The van der Waals surface area contributed by atoms with Crippen LogP contribution in [0.2, 0.25) is 0 Å². The molecule has 9 unspecified atom stereocenters. The zero-order chi connectivity index (χ0) is 38.8. The van der Waals surface area contributed by atoms with Gasteiger partial charge in [-0.05, 0) is 164 Å². The number of allylic oxidation sites excluding steroid dienone is 1. The smallest absolute Gasteiger partial charge is 0.335 e. The number of aliphatic hydroxyl groups is 1. The molecule has 292 valence electrons. The summed E-state index contributed by atoms with van der Waals surface area (Å²) in [5.41, 5.74) is 3.81. The van der Waals surface area contributed by atoms with E-state index >= 15 is 0 Å². The van der Waals surface area contributed by atoms with E-state index in [9.17, 15) is 24.6 Å². The highest BCUT2D eigenvalue weighted by molar-refractivity contribution is 5.94. The fourth-order valence-corrected chi connectivity index (χ4v) is 14.0. The van der Waals surface area contributed by atoms with Crippen molar-refractivity contribution < 1.29 is 24.6 Å². The summed E-state index contributed by atoms with van der Waals surface area (Å²) in [6, 6.07) is 14.1. The van der Waals surface area contributed by atoms with Crippen LogP contribution in [0, 0.1) is 56.7 Å². The molecule has 5 aliphatic rings. The molecule has 0 spiro atoms. The van der Waals surface area contributed by atoms with Gasteiger partial charge in [-0.1, -0.05) is 71.0 Å². The molecule has 4 N–H and O–H groups in total. The lowest BCUT2D eigenvalue weighted by atomic mass is 9.32. The SMILES string of the molecule is C=C(C)C1CCC2(C(=O)NCCc3cccc(C(=O)NCc4cccc(C(=O)O)c4)c3)CC[C@]3(C)C(CCC4C5(C)CCC(O)C(C)(C)C5CCC43C)C12. The average molecular weight is 737 g/mol. The highest BCUT2D eigenvalue weighted by Crippen LogP contribution is 2.77. The van der Waals surface area contributed by atoms with Gasteiger partial charge in [-0.3, -0.25) is 9.59 Å². The Kier molecular flexibility index (Phi) is 10.0. The number of carboxylic acid groups (broad SMARTS) is 1. The molecule has 5 aliphatic carbocycles. The maximum Gasteiger partial charge on any atom is 0.335 e. The molecular weight excluding hydrogens is 673 g/mol. The van der Waals surface area contributed by atoms with Crippen LogP contribution in [-0.2, 0) is 17.8 Å². The Morgan fingerprint density at radius 3 is 2.20 bits per heavy atom. The molecule has 2 aromatic carbocycles. The third kappa shape index (κ3) is 6.06. The summed E-state index contributed by atoms with van der Waals surface area (Å²) in [6.07, 6.45) is 11.2. The van der Waals surface area contributed by atoms with Crippen molar-refractivity contribution in [2.75, 3.05) is 6.54 Å². The fraction of sp³-hybridized carbons (Fsp3) is 0.638. The molecule has 10 atom stereocenters. The van der Waals surface area contributed by atoms with Gasteiger partial charge in [0.1, 0.15) is 0 Å². The summed E-state index contributed by atoms with van der Waals surface area (Å²) in [5, 5.41) is 26.7. The van der Waals surface area contributed by atoms with E-state index in [0.29, 0.717) is 48.1 Å². The summed E-state index contributed by atoms with van der Waals surface area (Å²) < 4.78 is 0. The van der Waals surface area contributed by atoms with Gasteiger partial charge in [-0.25, -0.2) is 4.79 Å². The maximum absolute atomic E-state index is 14.6. The van der Waals surface area contributed by atoms with E-state index in [1.807, 2.05) is 18.2 Å². The molecule has 7 rings (SSSR count). The number of nitrogens with one attached hydrogen (secondary N) is 2. The average Bonchev–Trinajstić information content (AvgIpc) is 3.54. The third-order valence-electron chi connectivity index (χ3n) is 17.0. The Morgan fingerprint density at radius 1 is 0.778 bits per heavy atom. The molecule has 5 fully saturated rings. The molecule has 54 heavy (non-hydrogen) atoms. The van der Waals surface area contributed by atoms with Gasteiger partial charge in [0, 0.05) is 18.7 Å². The molecule has 0 bridgehead atoms. The van der Waals surface area contributed by atoms with Crippen LogP contribution in [0.15, 0.2) is 60.7 Å². The molecule has 2 amide bonds. The monoisotopic (exact) mass is 736 g/mol.